The number of carbonyl (C=O) groups excluding carboxylic acids is 1. The zero-order valence-electron chi connectivity index (χ0n) is 15.8. The fraction of sp³-hybridized carbons (Fsp3) is 0.0952. The minimum atomic E-state index is -4.06. The Hall–Kier alpha value is -2.61. The Labute approximate surface area is 184 Å². The Bertz CT molecular complexity index is 1190. The first-order valence-electron chi connectivity index (χ1n) is 8.77. The predicted octanol–water partition coefficient (Wildman–Crippen LogP) is 5.27. The number of halogens is 3. The summed E-state index contributed by atoms with van der Waals surface area (Å²) in [5, 5.41) is 2.78. The lowest BCUT2D eigenvalue weighted by atomic mass is 10.2. The Kier molecular flexibility index (Phi) is 6.65. The lowest BCUT2D eigenvalue weighted by Crippen LogP contribution is -2.38. The highest BCUT2D eigenvalue weighted by Gasteiger charge is 2.27. The first kappa shape index (κ1) is 22.1. The molecule has 156 valence electrons. The van der Waals surface area contributed by atoms with Crippen LogP contribution in [0.25, 0.3) is 0 Å². The third kappa shape index (κ3) is 5.11. The van der Waals surface area contributed by atoms with Gasteiger partial charge in [-0.05, 0) is 67.1 Å². The van der Waals surface area contributed by atoms with Crippen molar-refractivity contribution < 1.29 is 17.6 Å². The second-order valence-electron chi connectivity index (χ2n) is 6.48. The topological polar surface area (TPSA) is 66.5 Å². The number of rotatable bonds is 6. The normalized spacial score (nSPS) is 11.2. The van der Waals surface area contributed by atoms with Gasteiger partial charge in [-0.3, -0.25) is 9.10 Å². The van der Waals surface area contributed by atoms with Crippen molar-refractivity contribution in [3.05, 3.63) is 88.2 Å². The van der Waals surface area contributed by atoms with Gasteiger partial charge >= 0.3 is 0 Å². The van der Waals surface area contributed by atoms with E-state index < -0.39 is 28.3 Å². The van der Waals surface area contributed by atoms with E-state index in [1.165, 1.54) is 36.4 Å². The van der Waals surface area contributed by atoms with Gasteiger partial charge in [-0.2, -0.15) is 0 Å². The van der Waals surface area contributed by atoms with E-state index in [-0.39, 0.29) is 15.6 Å². The van der Waals surface area contributed by atoms with Gasteiger partial charge < -0.3 is 5.32 Å². The maximum atomic E-state index is 13.3. The van der Waals surface area contributed by atoms with E-state index in [9.17, 15) is 17.6 Å². The standard InChI is InChI=1S/C21H17Cl2FN2O3S/c1-14-3-2-4-17(11-14)26(30(28,29)18-8-5-15(22)6-9-18)13-21(27)25-16-7-10-20(24)19(23)12-16/h2-12H,13H2,1H3,(H,25,27). The minimum Gasteiger partial charge on any atom is -0.324 e. The van der Waals surface area contributed by atoms with Crippen molar-refractivity contribution in [2.24, 2.45) is 0 Å². The van der Waals surface area contributed by atoms with Crippen LogP contribution in [0, 0.1) is 12.7 Å². The maximum Gasteiger partial charge on any atom is 0.264 e. The van der Waals surface area contributed by atoms with E-state index in [2.05, 4.69) is 5.32 Å². The molecule has 9 heteroatoms. The number of hydrogen-bond donors (Lipinski definition) is 1. The van der Waals surface area contributed by atoms with Gasteiger partial charge in [0, 0.05) is 10.7 Å². The van der Waals surface area contributed by atoms with Crippen LogP contribution in [0.2, 0.25) is 10.0 Å². The number of carbonyl (C=O) groups is 1. The Morgan fingerprint density at radius 3 is 2.37 bits per heavy atom. The molecule has 0 spiro atoms. The molecule has 0 saturated carbocycles. The molecule has 0 saturated heterocycles. The van der Waals surface area contributed by atoms with Crippen molar-refractivity contribution in [3.63, 3.8) is 0 Å². The fourth-order valence-electron chi connectivity index (χ4n) is 2.74. The average molecular weight is 467 g/mol. The molecule has 1 amide bonds. The largest absolute Gasteiger partial charge is 0.324 e. The SMILES string of the molecule is Cc1cccc(N(CC(=O)Nc2ccc(F)c(Cl)c2)S(=O)(=O)c2ccc(Cl)cc2)c1. The van der Waals surface area contributed by atoms with Gasteiger partial charge in [-0.25, -0.2) is 12.8 Å². The number of nitrogens with one attached hydrogen (secondary N) is 1. The molecule has 30 heavy (non-hydrogen) atoms. The van der Waals surface area contributed by atoms with Gasteiger partial charge in [0.1, 0.15) is 12.4 Å². The summed E-state index contributed by atoms with van der Waals surface area (Å²) in [6.45, 7) is 1.32. The Balaban J connectivity index is 1.94. The molecule has 0 aliphatic rings. The highest BCUT2D eigenvalue weighted by atomic mass is 35.5. The number of amides is 1. The molecule has 3 aromatic rings. The first-order chi connectivity index (χ1) is 14.2. The van der Waals surface area contributed by atoms with E-state index in [4.69, 9.17) is 23.2 Å². The third-order valence-corrected chi connectivity index (χ3v) is 6.51. The van der Waals surface area contributed by atoms with Crippen LogP contribution in [0.3, 0.4) is 0 Å². The summed E-state index contributed by atoms with van der Waals surface area (Å²) in [6, 6.07) is 16.1. The molecule has 0 heterocycles. The molecule has 3 rings (SSSR count). The highest BCUT2D eigenvalue weighted by molar-refractivity contribution is 7.92. The quantitative estimate of drug-likeness (QED) is 0.537. The summed E-state index contributed by atoms with van der Waals surface area (Å²) in [5.41, 5.74) is 1.41. The second-order valence-corrected chi connectivity index (χ2v) is 9.19. The van der Waals surface area contributed by atoms with Crippen LogP contribution in [0.15, 0.2) is 71.6 Å². The second kappa shape index (κ2) is 9.04. The summed E-state index contributed by atoms with van der Waals surface area (Å²) in [4.78, 5) is 12.6. The van der Waals surface area contributed by atoms with Crippen molar-refractivity contribution in [3.8, 4) is 0 Å². The molecule has 0 radical (unpaired) electrons. The smallest absolute Gasteiger partial charge is 0.264 e. The number of sulfonamides is 1. The van der Waals surface area contributed by atoms with Crippen LogP contribution in [-0.4, -0.2) is 20.9 Å². The first-order valence-corrected chi connectivity index (χ1v) is 11.0. The zero-order chi connectivity index (χ0) is 21.9. The molecular weight excluding hydrogens is 450 g/mol. The van der Waals surface area contributed by atoms with Crippen molar-refractivity contribution in [1.29, 1.82) is 0 Å². The van der Waals surface area contributed by atoms with Crippen molar-refractivity contribution in [1.82, 2.24) is 0 Å². The van der Waals surface area contributed by atoms with Gasteiger partial charge in [-0.15, -0.1) is 0 Å². The molecule has 3 aromatic carbocycles. The molecule has 0 aliphatic carbocycles. The molecule has 5 nitrogen and oxygen atoms in total. The fourth-order valence-corrected chi connectivity index (χ4v) is 4.46. The van der Waals surface area contributed by atoms with Crippen molar-refractivity contribution in [2.45, 2.75) is 11.8 Å². The van der Waals surface area contributed by atoms with Crippen LogP contribution in [0.5, 0.6) is 0 Å². The summed E-state index contributed by atoms with van der Waals surface area (Å²) in [6.07, 6.45) is 0. The number of benzene rings is 3. The molecular formula is C21H17Cl2FN2O3S. The summed E-state index contributed by atoms with van der Waals surface area (Å²) < 4.78 is 40.9. The molecule has 0 atom stereocenters. The van der Waals surface area contributed by atoms with Gasteiger partial charge in [-0.1, -0.05) is 35.3 Å². The summed E-state index contributed by atoms with van der Waals surface area (Å²) in [7, 11) is -4.06. The molecule has 0 aromatic heterocycles. The third-order valence-electron chi connectivity index (χ3n) is 4.18. The van der Waals surface area contributed by atoms with Crippen molar-refractivity contribution in [2.75, 3.05) is 16.2 Å². The molecule has 1 N–H and O–H groups in total. The molecule has 0 bridgehead atoms. The van der Waals surface area contributed by atoms with Crippen LogP contribution in [0.4, 0.5) is 15.8 Å². The number of hydrogen-bond acceptors (Lipinski definition) is 3. The predicted molar refractivity (Wildman–Crippen MR) is 117 cm³/mol. The van der Waals surface area contributed by atoms with Crippen LogP contribution in [0.1, 0.15) is 5.56 Å². The minimum absolute atomic E-state index is 0.00830. The number of anilines is 2. The van der Waals surface area contributed by atoms with Gasteiger partial charge in [0.15, 0.2) is 0 Å². The van der Waals surface area contributed by atoms with Crippen molar-refractivity contribution >= 4 is 50.5 Å². The average Bonchev–Trinajstić information content (AvgIpc) is 2.69. The summed E-state index contributed by atoms with van der Waals surface area (Å²) >= 11 is 11.6. The zero-order valence-corrected chi connectivity index (χ0v) is 18.1. The highest BCUT2D eigenvalue weighted by Crippen LogP contribution is 2.26. The van der Waals surface area contributed by atoms with E-state index in [0.717, 1.165) is 15.9 Å². The lowest BCUT2D eigenvalue weighted by Gasteiger charge is -2.24. The number of nitrogens with zero attached hydrogens (tertiary/aromatic N) is 1. The number of aryl methyl sites for hydroxylation is 1. The van der Waals surface area contributed by atoms with E-state index >= 15 is 0 Å². The van der Waals surface area contributed by atoms with Gasteiger partial charge in [0.05, 0.1) is 15.6 Å². The molecule has 0 aliphatic heterocycles. The Morgan fingerprint density at radius 2 is 1.73 bits per heavy atom. The van der Waals surface area contributed by atoms with Crippen LogP contribution in [-0.2, 0) is 14.8 Å². The molecule has 0 unspecified atom stereocenters. The van der Waals surface area contributed by atoms with Crippen LogP contribution >= 0.6 is 23.2 Å². The Morgan fingerprint density at radius 1 is 1.03 bits per heavy atom. The van der Waals surface area contributed by atoms with E-state index in [1.807, 2.05) is 13.0 Å². The summed E-state index contributed by atoms with van der Waals surface area (Å²) in [5.74, 6) is -1.24. The van der Waals surface area contributed by atoms with Gasteiger partial charge in [0.2, 0.25) is 5.91 Å². The molecule has 0 fully saturated rings. The monoisotopic (exact) mass is 466 g/mol. The van der Waals surface area contributed by atoms with E-state index in [0.29, 0.717) is 10.7 Å². The van der Waals surface area contributed by atoms with E-state index in [1.54, 1.807) is 18.2 Å². The van der Waals surface area contributed by atoms with Crippen LogP contribution < -0.4 is 9.62 Å². The maximum absolute atomic E-state index is 13.3. The lowest BCUT2D eigenvalue weighted by molar-refractivity contribution is -0.114. The van der Waals surface area contributed by atoms with Gasteiger partial charge in [0.25, 0.3) is 10.0 Å².